The van der Waals surface area contributed by atoms with Crippen LogP contribution in [0.3, 0.4) is 0 Å². The Morgan fingerprint density at radius 3 is 1.68 bits per heavy atom. The molecule has 0 amide bonds. The van der Waals surface area contributed by atoms with E-state index in [0.29, 0.717) is 6.42 Å². The van der Waals surface area contributed by atoms with Gasteiger partial charge in [0.15, 0.2) is 6.10 Å². The second kappa shape index (κ2) is 25.1. The molecule has 2 N–H and O–H groups in total. The third kappa shape index (κ3) is 27.6. The molecule has 0 radical (unpaired) electrons. The van der Waals surface area contributed by atoms with Gasteiger partial charge in [-0.05, 0) is 32.1 Å². The van der Waals surface area contributed by atoms with Crippen LogP contribution in [0.15, 0.2) is 12.2 Å². The molecule has 0 aromatic heterocycles. The standard InChI is InChI=1S/C28H53O8P/c1-3-5-6-7-8-9-10-11-12-13-14-15-16-17-18-19-20-21-22-23-28(30)36-26(24-34-27(29)4-2)25-35-37(31,32)33/h11-12,26H,3-10,13-25H2,1-2H3,(H2,31,32,33)/b12-11-. The number of rotatable bonds is 26. The minimum atomic E-state index is -4.71. The van der Waals surface area contributed by atoms with Crippen molar-refractivity contribution in [3.8, 4) is 0 Å². The van der Waals surface area contributed by atoms with Crippen molar-refractivity contribution in [3.63, 3.8) is 0 Å². The zero-order valence-electron chi connectivity index (χ0n) is 23.4. The van der Waals surface area contributed by atoms with Crippen LogP contribution < -0.4 is 0 Å². The van der Waals surface area contributed by atoms with Crippen LogP contribution in [0.25, 0.3) is 0 Å². The molecule has 0 rings (SSSR count). The smallest absolute Gasteiger partial charge is 0.462 e. The maximum atomic E-state index is 12.1. The number of carbonyl (C=O) groups is 2. The van der Waals surface area contributed by atoms with Gasteiger partial charge in [-0.3, -0.25) is 14.1 Å². The van der Waals surface area contributed by atoms with Crippen molar-refractivity contribution < 1.29 is 37.9 Å². The predicted molar refractivity (Wildman–Crippen MR) is 147 cm³/mol. The Hall–Kier alpha value is -1.21. The van der Waals surface area contributed by atoms with E-state index in [2.05, 4.69) is 23.6 Å². The van der Waals surface area contributed by atoms with E-state index in [1.54, 1.807) is 6.92 Å². The highest BCUT2D eigenvalue weighted by atomic mass is 31.2. The molecule has 0 bridgehead atoms. The zero-order chi connectivity index (χ0) is 27.6. The Balaban J connectivity index is 3.67. The molecule has 0 spiro atoms. The summed E-state index contributed by atoms with van der Waals surface area (Å²) in [6.45, 7) is 3.04. The fourth-order valence-electron chi connectivity index (χ4n) is 3.88. The van der Waals surface area contributed by atoms with Gasteiger partial charge in [0.25, 0.3) is 0 Å². The van der Waals surface area contributed by atoms with Crippen molar-refractivity contribution >= 4 is 19.8 Å². The molecule has 218 valence electrons. The lowest BCUT2D eigenvalue weighted by Gasteiger charge is -2.18. The van der Waals surface area contributed by atoms with Gasteiger partial charge in [-0.1, -0.05) is 103 Å². The third-order valence-corrected chi connectivity index (χ3v) is 6.57. The first-order valence-electron chi connectivity index (χ1n) is 14.5. The van der Waals surface area contributed by atoms with Gasteiger partial charge in [0.05, 0.1) is 6.61 Å². The van der Waals surface area contributed by atoms with Crippen LogP contribution in [0.2, 0.25) is 0 Å². The van der Waals surface area contributed by atoms with E-state index in [1.165, 1.54) is 83.5 Å². The summed E-state index contributed by atoms with van der Waals surface area (Å²) in [6.07, 6.45) is 24.7. The quantitative estimate of drug-likeness (QED) is 0.0492. The van der Waals surface area contributed by atoms with E-state index in [4.69, 9.17) is 19.3 Å². The number of ether oxygens (including phenoxy) is 2. The summed E-state index contributed by atoms with van der Waals surface area (Å²) in [4.78, 5) is 41.0. The number of hydrogen-bond acceptors (Lipinski definition) is 6. The van der Waals surface area contributed by atoms with E-state index in [0.717, 1.165) is 19.3 Å². The summed E-state index contributed by atoms with van der Waals surface area (Å²) in [7, 11) is -4.71. The number of carbonyl (C=O) groups excluding carboxylic acids is 2. The normalized spacial score (nSPS) is 12.6. The van der Waals surface area contributed by atoms with Crippen LogP contribution >= 0.6 is 7.82 Å². The van der Waals surface area contributed by atoms with Gasteiger partial charge in [0.1, 0.15) is 6.61 Å². The highest BCUT2D eigenvalue weighted by molar-refractivity contribution is 7.46. The van der Waals surface area contributed by atoms with Crippen molar-refractivity contribution in [2.45, 2.75) is 142 Å². The number of hydrogen-bond donors (Lipinski definition) is 2. The molecule has 0 saturated carbocycles. The molecule has 0 aromatic rings. The third-order valence-electron chi connectivity index (χ3n) is 6.09. The number of unbranched alkanes of at least 4 members (excludes halogenated alkanes) is 15. The van der Waals surface area contributed by atoms with Crippen LogP contribution in [0, 0.1) is 0 Å². The molecule has 0 fully saturated rings. The molecular formula is C28H53O8P. The molecular weight excluding hydrogens is 495 g/mol. The van der Waals surface area contributed by atoms with Gasteiger partial charge < -0.3 is 19.3 Å². The molecule has 1 unspecified atom stereocenters. The van der Waals surface area contributed by atoms with E-state index in [9.17, 15) is 14.2 Å². The van der Waals surface area contributed by atoms with Crippen LogP contribution in [0.4, 0.5) is 0 Å². The first-order valence-corrected chi connectivity index (χ1v) is 16.0. The van der Waals surface area contributed by atoms with E-state index in [1.807, 2.05) is 0 Å². The second-order valence-corrected chi connectivity index (χ2v) is 10.9. The number of esters is 2. The highest BCUT2D eigenvalue weighted by Gasteiger charge is 2.22. The molecule has 0 saturated heterocycles. The van der Waals surface area contributed by atoms with Gasteiger partial charge >= 0.3 is 19.8 Å². The number of phosphoric ester groups is 1. The monoisotopic (exact) mass is 548 g/mol. The lowest BCUT2D eigenvalue weighted by molar-refractivity contribution is -0.161. The lowest BCUT2D eigenvalue weighted by atomic mass is 10.1. The molecule has 0 aliphatic rings. The molecule has 0 heterocycles. The highest BCUT2D eigenvalue weighted by Crippen LogP contribution is 2.35. The Bertz CT molecular complexity index is 632. The molecule has 37 heavy (non-hydrogen) atoms. The maximum absolute atomic E-state index is 12.1. The minimum absolute atomic E-state index is 0.150. The lowest BCUT2D eigenvalue weighted by Crippen LogP contribution is -2.29. The first kappa shape index (κ1) is 35.8. The largest absolute Gasteiger partial charge is 0.469 e. The number of allylic oxidation sites excluding steroid dienone is 2. The van der Waals surface area contributed by atoms with Crippen LogP contribution in [0.1, 0.15) is 136 Å². The van der Waals surface area contributed by atoms with Crippen LogP contribution in [-0.4, -0.2) is 41.0 Å². The first-order chi connectivity index (χ1) is 17.8. The summed E-state index contributed by atoms with van der Waals surface area (Å²) < 4.78 is 25.4. The molecule has 8 nitrogen and oxygen atoms in total. The SMILES string of the molecule is CCCCCCCC/C=C\CCCCCCCCCCCC(=O)OC(COC(=O)CC)COP(=O)(O)O. The molecule has 0 aliphatic heterocycles. The summed E-state index contributed by atoms with van der Waals surface area (Å²) in [5.74, 6) is -0.985. The predicted octanol–water partition coefficient (Wildman–Crippen LogP) is 7.56. The summed E-state index contributed by atoms with van der Waals surface area (Å²) in [5.41, 5.74) is 0. The van der Waals surface area contributed by atoms with Gasteiger partial charge in [0, 0.05) is 12.8 Å². The van der Waals surface area contributed by atoms with Crippen molar-refractivity contribution in [2.24, 2.45) is 0 Å². The average molecular weight is 549 g/mol. The van der Waals surface area contributed by atoms with E-state index >= 15 is 0 Å². The Morgan fingerprint density at radius 2 is 1.19 bits per heavy atom. The topological polar surface area (TPSA) is 119 Å². The van der Waals surface area contributed by atoms with Gasteiger partial charge in [0.2, 0.25) is 0 Å². The zero-order valence-corrected chi connectivity index (χ0v) is 24.3. The average Bonchev–Trinajstić information content (AvgIpc) is 2.86. The van der Waals surface area contributed by atoms with Crippen LogP contribution in [-0.2, 0) is 28.2 Å². The van der Waals surface area contributed by atoms with E-state index < -0.39 is 32.5 Å². The Morgan fingerprint density at radius 1 is 0.703 bits per heavy atom. The fourth-order valence-corrected chi connectivity index (χ4v) is 4.24. The Kier molecular flexibility index (Phi) is 24.3. The second-order valence-electron chi connectivity index (χ2n) is 9.68. The maximum Gasteiger partial charge on any atom is 0.469 e. The Labute approximate surface area is 225 Å². The van der Waals surface area contributed by atoms with Crippen molar-refractivity contribution in [1.29, 1.82) is 0 Å². The van der Waals surface area contributed by atoms with Crippen molar-refractivity contribution in [3.05, 3.63) is 12.2 Å². The fraction of sp³-hybridized carbons (Fsp3) is 0.857. The van der Waals surface area contributed by atoms with E-state index in [-0.39, 0.29) is 19.4 Å². The molecule has 0 aromatic carbocycles. The summed E-state index contributed by atoms with van der Waals surface area (Å²) in [6, 6.07) is 0. The van der Waals surface area contributed by atoms with Crippen molar-refractivity contribution in [2.75, 3.05) is 13.2 Å². The summed E-state index contributed by atoms with van der Waals surface area (Å²) >= 11 is 0. The summed E-state index contributed by atoms with van der Waals surface area (Å²) in [5, 5.41) is 0. The van der Waals surface area contributed by atoms with Crippen molar-refractivity contribution in [1.82, 2.24) is 0 Å². The van der Waals surface area contributed by atoms with Crippen LogP contribution in [0.5, 0.6) is 0 Å². The molecule has 1 atom stereocenters. The molecule has 0 aliphatic carbocycles. The van der Waals surface area contributed by atoms with Gasteiger partial charge in [-0.25, -0.2) is 4.57 Å². The van der Waals surface area contributed by atoms with Gasteiger partial charge in [-0.15, -0.1) is 0 Å². The number of phosphoric acid groups is 1. The van der Waals surface area contributed by atoms with Gasteiger partial charge in [-0.2, -0.15) is 0 Å². The minimum Gasteiger partial charge on any atom is -0.462 e. The molecule has 9 heteroatoms.